The molecule has 2 aromatic rings. The van der Waals surface area contributed by atoms with Crippen molar-refractivity contribution in [2.24, 2.45) is 5.73 Å². The molecule has 3 nitrogen and oxygen atoms in total. The van der Waals surface area contributed by atoms with Gasteiger partial charge in [-0.2, -0.15) is 13.2 Å². The predicted molar refractivity (Wildman–Crippen MR) is 74.8 cm³/mol. The number of nitrogens with zero attached hydrogens (tertiary/aromatic N) is 1. The van der Waals surface area contributed by atoms with Gasteiger partial charge in [0.25, 0.3) is 0 Å². The van der Waals surface area contributed by atoms with Crippen molar-refractivity contribution in [1.29, 1.82) is 0 Å². The zero-order valence-electron chi connectivity index (χ0n) is 10.4. The Bertz CT molecular complexity index is 685. The molecule has 0 spiro atoms. The Morgan fingerprint density at radius 2 is 1.95 bits per heavy atom. The number of rotatable bonds is 3. The molecule has 1 aromatic heterocycles. The summed E-state index contributed by atoms with van der Waals surface area (Å²) in [5.74, 6) is -0.759. The summed E-state index contributed by atoms with van der Waals surface area (Å²) in [5, 5.41) is 2.48. The number of pyridine rings is 1. The first-order valence-corrected chi connectivity index (χ1v) is 6.08. The summed E-state index contributed by atoms with van der Waals surface area (Å²) in [6.45, 7) is 0. The van der Waals surface area contributed by atoms with Crippen LogP contribution < -0.4 is 11.1 Å². The first kappa shape index (κ1) is 15.2. The molecule has 8 heteroatoms. The summed E-state index contributed by atoms with van der Waals surface area (Å²) in [5.41, 5.74) is 4.46. The van der Waals surface area contributed by atoms with Gasteiger partial charge in [0.2, 0.25) is 0 Å². The van der Waals surface area contributed by atoms with Crippen LogP contribution in [0.2, 0.25) is 0 Å². The Morgan fingerprint density at radius 3 is 2.57 bits per heavy atom. The molecule has 21 heavy (non-hydrogen) atoms. The van der Waals surface area contributed by atoms with Gasteiger partial charge < -0.3 is 11.1 Å². The molecule has 0 atom stereocenters. The Balaban J connectivity index is 2.43. The molecule has 1 aromatic carbocycles. The summed E-state index contributed by atoms with van der Waals surface area (Å²) in [4.78, 5) is 3.90. The molecule has 0 unspecified atom stereocenters. The standard InChI is InChI=1S/C13H9F4N3S/c14-9-4-3-7(13(15,16)17)6-10(9)20-12-8(11(18)21)2-1-5-19-12/h1-6H,(H2,18,21)(H,19,20). The van der Waals surface area contributed by atoms with Crippen molar-refractivity contribution in [3.63, 3.8) is 0 Å². The predicted octanol–water partition coefficient (Wildman–Crippen LogP) is 3.62. The maximum absolute atomic E-state index is 13.7. The van der Waals surface area contributed by atoms with E-state index in [2.05, 4.69) is 10.3 Å². The van der Waals surface area contributed by atoms with Gasteiger partial charge in [-0.25, -0.2) is 9.37 Å². The molecule has 2 rings (SSSR count). The second-order valence-electron chi connectivity index (χ2n) is 4.08. The van der Waals surface area contributed by atoms with Crippen LogP contribution in [0.1, 0.15) is 11.1 Å². The molecular formula is C13H9F4N3S. The molecule has 0 radical (unpaired) electrons. The van der Waals surface area contributed by atoms with Crippen molar-refractivity contribution in [1.82, 2.24) is 4.98 Å². The SMILES string of the molecule is NC(=S)c1cccnc1Nc1cc(C(F)(F)F)ccc1F. The molecule has 110 valence electrons. The van der Waals surface area contributed by atoms with Gasteiger partial charge >= 0.3 is 6.18 Å². The van der Waals surface area contributed by atoms with Gasteiger partial charge in [0.05, 0.1) is 16.8 Å². The third kappa shape index (κ3) is 3.46. The number of aromatic nitrogens is 1. The molecule has 0 aliphatic rings. The van der Waals surface area contributed by atoms with Crippen LogP contribution in [0.3, 0.4) is 0 Å². The number of anilines is 2. The fourth-order valence-corrected chi connectivity index (χ4v) is 1.79. The molecule has 0 saturated heterocycles. The lowest BCUT2D eigenvalue weighted by molar-refractivity contribution is -0.137. The van der Waals surface area contributed by atoms with Crippen LogP contribution in [0.5, 0.6) is 0 Å². The monoisotopic (exact) mass is 315 g/mol. The normalized spacial score (nSPS) is 11.2. The highest BCUT2D eigenvalue weighted by Crippen LogP contribution is 2.32. The number of nitrogens with one attached hydrogen (secondary N) is 1. The summed E-state index contributed by atoms with van der Waals surface area (Å²) < 4.78 is 51.6. The van der Waals surface area contributed by atoms with E-state index in [9.17, 15) is 17.6 Å². The zero-order chi connectivity index (χ0) is 15.6. The van der Waals surface area contributed by atoms with Crippen LogP contribution in [0.15, 0.2) is 36.5 Å². The molecule has 1 heterocycles. The molecule has 0 aliphatic carbocycles. The third-order valence-corrected chi connectivity index (χ3v) is 2.84. The number of nitrogens with two attached hydrogens (primary N) is 1. The minimum absolute atomic E-state index is 0.00187. The van der Waals surface area contributed by atoms with Gasteiger partial charge in [0.1, 0.15) is 16.6 Å². The minimum atomic E-state index is -4.57. The summed E-state index contributed by atoms with van der Waals surface area (Å²) in [7, 11) is 0. The highest BCUT2D eigenvalue weighted by Gasteiger charge is 2.31. The van der Waals surface area contributed by atoms with E-state index in [4.69, 9.17) is 18.0 Å². The highest BCUT2D eigenvalue weighted by molar-refractivity contribution is 7.80. The maximum atomic E-state index is 13.7. The van der Waals surface area contributed by atoms with Crippen LogP contribution in [-0.4, -0.2) is 9.97 Å². The number of alkyl halides is 3. The van der Waals surface area contributed by atoms with E-state index in [1.54, 1.807) is 6.07 Å². The van der Waals surface area contributed by atoms with Crippen LogP contribution in [0, 0.1) is 5.82 Å². The number of thiocarbonyl (C=S) groups is 1. The average molecular weight is 315 g/mol. The van der Waals surface area contributed by atoms with Crippen LogP contribution in [0.4, 0.5) is 29.1 Å². The highest BCUT2D eigenvalue weighted by atomic mass is 32.1. The first-order valence-electron chi connectivity index (χ1n) is 5.67. The largest absolute Gasteiger partial charge is 0.416 e. The van der Waals surface area contributed by atoms with Gasteiger partial charge in [0.15, 0.2) is 0 Å². The molecule has 0 bridgehead atoms. The third-order valence-electron chi connectivity index (χ3n) is 2.62. The lowest BCUT2D eigenvalue weighted by atomic mass is 10.1. The second kappa shape index (κ2) is 5.65. The van der Waals surface area contributed by atoms with E-state index in [0.29, 0.717) is 17.7 Å². The van der Waals surface area contributed by atoms with Crippen molar-refractivity contribution in [3.8, 4) is 0 Å². The van der Waals surface area contributed by atoms with Gasteiger partial charge in [-0.05, 0) is 30.3 Å². The maximum Gasteiger partial charge on any atom is 0.416 e. The van der Waals surface area contributed by atoms with Crippen molar-refractivity contribution in [2.75, 3.05) is 5.32 Å². The van der Waals surface area contributed by atoms with E-state index in [1.807, 2.05) is 0 Å². The fourth-order valence-electron chi connectivity index (χ4n) is 1.63. The Hall–Kier alpha value is -2.22. The van der Waals surface area contributed by atoms with Crippen molar-refractivity contribution in [3.05, 3.63) is 53.5 Å². The van der Waals surface area contributed by atoms with E-state index < -0.39 is 17.6 Å². The first-order chi connectivity index (χ1) is 9.79. The number of hydrogen-bond acceptors (Lipinski definition) is 3. The van der Waals surface area contributed by atoms with E-state index in [-0.39, 0.29) is 16.5 Å². The Morgan fingerprint density at radius 1 is 1.24 bits per heavy atom. The summed E-state index contributed by atoms with van der Waals surface area (Å²) >= 11 is 4.81. The van der Waals surface area contributed by atoms with Gasteiger partial charge in [-0.15, -0.1) is 0 Å². The van der Waals surface area contributed by atoms with E-state index in [1.165, 1.54) is 12.3 Å². The molecule has 0 aliphatic heterocycles. The van der Waals surface area contributed by atoms with Crippen LogP contribution in [0.25, 0.3) is 0 Å². The molecule has 3 N–H and O–H groups in total. The summed E-state index contributed by atoms with van der Waals surface area (Å²) in [6.07, 6.45) is -3.18. The van der Waals surface area contributed by atoms with Crippen LogP contribution >= 0.6 is 12.2 Å². The quantitative estimate of drug-likeness (QED) is 0.671. The molecular weight excluding hydrogens is 306 g/mol. The zero-order valence-corrected chi connectivity index (χ0v) is 11.2. The van der Waals surface area contributed by atoms with Gasteiger partial charge in [0, 0.05) is 6.20 Å². The Labute approximate surface area is 122 Å². The number of halogens is 4. The van der Waals surface area contributed by atoms with Crippen molar-refractivity contribution in [2.45, 2.75) is 6.18 Å². The van der Waals surface area contributed by atoms with Gasteiger partial charge in [-0.1, -0.05) is 12.2 Å². The lowest BCUT2D eigenvalue weighted by Crippen LogP contribution is -2.13. The lowest BCUT2D eigenvalue weighted by Gasteiger charge is -2.13. The fraction of sp³-hybridized carbons (Fsp3) is 0.0769. The second-order valence-corrected chi connectivity index (χ2v) is 4.52. The van der Waals surface area contributed by atoms with E-state index >= 15 is 0 Å². The summed E-state index contributed by atoms with van der Waals surface area (Å²) in [6, 6.07) is 5.14. The van der Waals surface area contributed by atoms with Crippen LogP contribution in [-0.2, 0) is 6.18 Å². The number of hydrogen-bond donors (Lipinski definition) is 2. The molecule has 0 saturated carbocycles. The molecule has 0 fully saturated rings. The molecule has 0 amide bonds. The van der Waals surface area contributed by atoms with Crippen molar-refractivity contribution < 1.29 is 17.6 Å². The van der Waals surface area contributed by atoms with Gasteiger partial charge in [-0.3, -0.25) is 0 Å². The Kier molecular flexibility index (Phi) is 4.08. The number of benzene rings is 1. The topological polar surface area (TPSA) is 50.9 Å². The average Bonchev–Trinajstić information content (AvgIpc) is 2.40. The smallest absolute Gasteiger partial charge is 0.389 e. The van der Waals surface area contributed by atoms with Crippen molar-refractivity contribution >= 4 is 28.7 Å². The minimum Gasteiger partial charge on any atom is -0.389 e. The van der Waals surface area contributed by atoms with E-state index in [0.717, 1.165) is 6.07 Å².